The van der Waals surface area contributed by atoms with E-state index >= 15 is 0 Å². The highest BCUT2D eigenvalue weighted by molar-refractivity contribution is 5.88. The van der Waals surface area contributed by atoms with Crippen LogP contribution in [0.4, 0.5) is 0 Å². The molecule has 1 heterocycles. The number of aliphatic hydroxyl groups excluding tert-OH is 1. The number of carbonyl (C=O) groups excluding carboxylic acids is 2. The van der Waals surface area contributed by atoms with Crippen LogP contribution < -0.4 is 0 Å². The van der Waals surface area contributed by atoms with Gasteiger partial charge in [-0.1, -0.05) is 57.6 Å². The Labute approximate surface area is 184 Å². The van der Waals surface area contributed by atoms with Crippen LogP contribution in [0.5, 0.6) is 0 Å². The zero-order valence-electron chi connectivity index (χ0n) is 18.8. The smallest absolute Gasteiger partial charge is 0.343 e. The second kappa shape index (κ2) is 8.75. The van der Waals surface area contributed by atoms with E-state index in [1.54, 1.807) is 31.2 Å². The number of esters is 2. The maximum Gasteiger partial charge on any atom is 0.343 e. The minimum absolute atomic E-state index is 0.0312. The second-order valence-corrected chi connectivity index (χ2v) is 9.87. The molecule has 0 bridgehead atoms. The normalized spacial score (nSPS) is 35.7. The molecule has 1 saturated heterocycles. The molecule has 5 unspecified atom stereocenters. The molecule has 5 atom stereocenters. The quantitative estimate of drug-likeness (QED) is 0.290. The highest BCUT2D eigenvalue weighted by Gasteiger charge is 2.69. The second-order valence-electron chi connectivity index (χ2n) is 9.87. The number of aliphatic hydroxyl groups is 2. The first-order chi connectivity index (χ1) is 14.5. The molecule has 170 valence electrons. The lowest BCUT2D eigenvalue weighted by Gasteiger charge is -2.59. The molecule has 6 nitrogen and oxygen atoms in total. The minimum atomic E-state index is -1.66. The van der Waals surface area contributed by atoms with Gasteiger partial charge in [0.2, 0.25) is 0 Å². The molecular formula is C25H34O6. The molecule has 0 aromatic heterocycles. The molecule has 6 heteroatoms. The summed E-state index contributed by atoms with van der Waals surface area (Å²) >= 11 is 0. The summed E-state index contributed by atoms with van der Waals surface area (Å²) in [5.41, 5.74) is -2.15. The van der Waals surface area contributed by atoms with Crippen LogP contribution in [-0.2, 0) is 19.1 Å². The molecule has 1 saturated carbocycles. The third-order valence-corrected chi connectivity index (χ3v) is 7.12. The van der Waals surface area contributed by atoms with Gasteiger partial charge in [0.1, 0.15) is 12.7 Å². The summed E-state index contributed by atoms with van der Waals surface area (Å²) in [5.74, 6) is -1.29. The lowest BCUT2D eigenvalue weighted by Crippen LogP contribution is -2.65. The fourth-order valence-corrected chi connectivity index (χ4v) is 5.74. The summed E-state index contributed by atoms with van der Waals surface area (Å²) in [6.07, 6.45) is 14.0. The number of allylic oxidation sites excluding steroid dienone is 4. The van der Waals surface area contributed by atoms with E-state index in [9.17, 15) is 19.8 Å². The molecule has 2 N–H and O–H groups in total. The molecule has 0 radical (unpaired) electrons. The highest BCUT2D eigenvalue weighted by atomic mass is 16.6. The van der Waals surface area contributed by atoms with Crippen molar-refractivity contribution in [3.05, 3.63) is 48.1 Å². The van der Waals surface area contributed by atoms with Crippen molar-refractivity contribution in [2.75, 3.05) is 6.61 Å². The van der Waals surface area contributed by atoms with Crippen molar-refractivity contribution >= 4 is 11.9 Å². The predicted octanol–water partition coefficient (Wildman–Crippen LogP) is 3.40. The summed E-state index contributed by atoms with van der Waals surface area (Å²) in [4.78, 5) is 25.1. The van der Waals surface area contributed by atoms with Crippen LogP contribution in [0.3, 0.4) is 0 Å². The zero-order valence-corrected chi connectivity index (χ0v) is 18.8. The Morgan fingerprint density at radius 3 is 2.68 bits per heavy atom. The number of carbonyl (C=O) groups is 2. The molecule has 0 aromatic carbocycles. The molecule has 31 heavy (non-hydrogen) atoms. The van der Waals surface area contributed by atoms with Gasteiger partial charge in [-0.2, -0.15) is 0 Å². The van der Waals surface area contributed by atoms with Gasteiger partial charge in [-0.15, -0.1) is 0 Å². The summed E-state index contributed by atoms with van der Waals surface area (Å²) in [7, 11) is 0. The van der Waals surface area contributed by atoms with Crippen molar-refractivity contribution in [3.8, 4) is 0 Å². The van der Waals surface area contributed by atoms with E-state index in [1.807, 2.05) is 19.1 Å². The van der Waals surface area contributed by atoms with Crippen molar-refractivity contribution in [1.82, 2.24) is 0 Å². The Morgan fingerprint density at radius 1 is 1.26 bits per heavy atom. The van der Waals surface area contributed by atoms with Gasteiger partial charge in [-0.25, -0.2) is 9.59 Å². The largest absolute Gasteiger partial charge is 0.459 e. The average molecular weight is 431 g/mol. The van der Waals surface area contributed by atoms with Crippen LogP contribution in [-0.4, -0.2) is 46.6 Å². The third-order valence-electron chi connectivity index (χ3n) is 7.12. The van der Waals surface area contributed by atoms with Gasteiger partial charge in [-0.05, 0) is 37.7 Å². The monoisotopic (exact) mass is 430 g/mol. The Hall–Kier alpha value is -2.18. The van der Waals surface area contributed by atoms with Crippen LogP contribution in [0.15, 0.2) is 48.1 Å². The van der Waals surface area contributed by atoms with Gasteiger partial charge in [0, 0.05) is 23.0 Å². The van der Waals surface area contributed by atoms with E-state index in [4.69, 9.17) is 9.47 Å². The lowest BCUT2D eigenvalue weighted by atomic mass is 9.46. The van der Waals surface area contributed by atoms with E-state index in [-0.39, 0.29) is 24.0 Å². The minimum Gasteiger partial charge on any atom is -0.459 e. The fourth-order valence-electron chi connectivity index (χ4n) is 5.74. The molecule has 0 amide bonds. The van der Waals surface area contributed by atoms with Gasteiger partial charge in [0.15, 0.2) is 5.60 Å². The number of ether oxygens (including phenoxy) is 2. The SMILES string of the molecule is CC(O)CC=CC=CC=CC(=O)OC1C=C2COC(=O)C2(O)C2(C)CCCC(C)(C)C12. The maximum absolute atomic E-state index is 12.6. The first kappa shape index (κ1) is 23.5. The summed E-state index contributed by atoms with van der Waals surface area (Å²) < 4.78 is 11.1. The maximum atomic E-state index is 12.6. The zero-order chi connectivity index (χ0) is 22.9. The van der Waals surface area contributed by atoms with Crippen LogP contribution in [0, 0.1) is 16.7 Å². The molecule has 2 fully saturated rings. The lowest BCUT2D eigenvalue weighted by molar-refractivity contribution is -0.194. The Bertz CT molecular complexity index is 833. The van der Waals surface area contributed by atoms with E-state index in [2.05, 4.69) is 13.8 Å². The van der Waals surface area contributed by atoms with Crippen molar-refractivity contribution in [3.63, 3.8) is 0 Å². The van der Waals surface area contributed by atoms with Gasteiger partial charge in [-0.3, -0.25) is 0 Å². The number of hydrogen-bond donors (Lipinski definition) is 2. The van der Waals surface area contributed by atoms with E-state index < -0.39 is 29.1 Å². The van der Waals surface area contributed by atoms with Crippen molar-refractivity contribution < 1.29 is 29.3 Å². The van der Waals surface area contributed by atoms with Gasteiger partial charge in [0.05, 0.1) is 6.10 Å². The molecule has 0 aromatic rings. The molecule has 1 aliphatic heterocycles. The Balaban J connectivity index is 1.79. The topological polar surface area (TPSA) is 93.1 Å². The Kier molecular flexibility index (Phi) is 6.63. The predicted molar refractivity (Wildman–Crippen MR) is 117 cm³/mol. The van der Waals surface area contributed by atoms with Gasteiger partial charge >= 0.3 is 11.9 Å². The highest BCUT2D eigenvalue weighted by Crippen LogP contribution is 2.63. The summed E-state index contributed by atoms with van der Waals surface area (Å²) in [6, 6.07) is 0. The molecular weight excluding hydrogens is 396 g/mol. The Morgan fingerprint density at radius 2 is 1.97 bits per heavy atom. The van der Waals surface area contributed by atoms with Crippen molar-refractivity contribution in [1.29, 1.82) is 0 Å². The van der Waals surface area contributed by atoms with Crippen molar-refractivity contribution in [2.24, 2.45) is 16.7 Å². The van der Waals surface area contributed by atoms with Gasteiger partial charge < -0.3 is 19.7 Å². The van der Waals surface area contributed by atoms with Crippen molar-refractivity contribution in [2.45, 2.75) is 71.2 Å². The first-order valence-corrected chi connectivity index (χ1v) is 11.0. The van der Waals surface area contributed by atoms with Gasteiger partial charge in [0.25, 0.3) is 0 Å². The first-order valence-electron chi connectivity index (χ1n) is 11.0. The fraction of sp³-hybridized carbons (Fsp3) is 0.600. The van der Waals surface area contributed by atoms with E-state index in [1.165, 1.54) is 6.08 Å². The molecule has 2 aliphatic carbocycles. The summed E-state index contributed by atoms with van der Waals surface area (Å²) in [6.45, 7) is 7.89. The molecule has 3 rings (SSSR count). The van der Waals surface area contributed by atoms with Crippen LogP contribution in [0.25, 0.3) is 0 Å². The number of fused-ring (bicyclic) bond motifs is 3. The molecule has 3 aliphatic rings. The number of cyclic esters (lactones) is 1. The van der Waals surface area contributed by atoms with Crippen LogP contribution in [0.2, 0.25) is 0 Å². The third kappa shape index (κ3) is 4.28. The number of rotatable bonds is 6. The molecule has 0 spiro atoms. The standard InChI is InChI=1S/C25H34O6/c1-17(26)11-8-6-5-7-9-12-20(27)31-19-15-18-16-30-22(28)25(18,29)24(4)14-10-13-23(2,3)21(19)24/h5-9,12,15,17,19,21,26,29H,10-11,13-14,16H2,1-4H3. The average Bonchev–Trinajstić information content (AvgIpc) is 2.96. The number of hydrogen-bond acceptors (Lipinski definition) is 6. The van der Waals surface area contributed by atoms with E-state index in [0.717, 1.165) is 12.8 Å². The van der Waals surface area contributed by atoms with Crippen LogP contribution >= 0.6 is 0 Å². The van der Waals surface area contributed by atoms with E-state index in [0.29, 0.717) is 18.4 Å². The van der Waals surface area contributed by atoms with Crippen LogP contribution in [0.1, 0.15) is 53.4 Å². The summed E-state index contributed by atoms with van der Waals surface area (Å²) in [5, 5.41) is 20.7.